The summed E-state index contributed by atoms with van der Waals surface area (Å²) < 4.78 is 0. The summed E-state index contributed by atoms with van der Waals surface area (Å²) in [5.74, 6) is -1.24. The first kappa shape index (κ1) is 34.6. The maximum Gasteiger partial charge on any atom is 0.247 e. The Kier molecular flexibility index (Phi) is 13.7. The van der Waals surface area contributed by atoms with Crippen molar-refractivity contribution < 1.29 is 24.6 Å². The molecule has 5 N–H and O–H groups in total. The van der Waals surface area contributed by atoms with Crippen LogP contribution in [-0.2, 0) is 20.8 Å². The summed E-state index contributed by atoms with van der Waals surface area (Å²) >= 11 is 0. The largest absolute Gasteiger partial charge is 0.392 e. The molecule has 1 saturated heterocycles. The van der Waals surface area contributed by atoms with Crippen LogP contribution in [0.5, 0.6) is 0 Å². The molecule has 3 amide bonds. The molecular weight excluding hydrogens is 544 g/mol. The second-order valence-electron chi connectivity index (χ2n) is 11.6. The molecule has 1 aliphatic rings. The van der Waals surface area contributed by atoms with E-state index >= 15 is 0 Å². The molecule has 0 saturated carbocycles. The SMILES string of the molecule is CCCC(C)(C)C(=O)N(C(=O)[C@@H]1CCCN1)[C@H](Cc1ccc2ccccc2c1)C(=O)NCC(O)CNC[C@@H](C)O.Cl. The number of aliphatic hydroxyl groups excluding tert-OH is 2. The number of rotatable bonds is 14. The number of fused-ring (bicyclic) bond motifs is 1. The first-order chi connectivity index (χ1) is 19.0. The van der Waals surface area contributed by atoms with Crippen LogP contribution in [0.25, 0.3) is 10.8 Å². The van der Waals surface area contributed by atoms with Crippen molar-refractivity contribution in [3.8, 4) is 0 Å². The van der Waals surface area contributed by atoms with E-state index in [0.29, 0.717) is 25.9 Å². The molecule has 10 heteroatoms. The zero-order valence-corrected chi connectivity index (χ0v) is 25.5. The van der Waals surface area contributed by atoms with Gasteiger partial charge in [0.1, 0.15) is 6.04 Å². The summed E-state index contributed by atoms with van der Waals surface area (Å²) in [6, 6.07) is 12.2. The third-order valence-corrected chi connectivity index (χ3v) is 7.46. The lowest BCUT2D eigenvalue weighted by molar-refractivity contribution is -0.158. The lowest BCUT2D eigenvalue weighted by Crippen LogP contribution is -2.60. The van der Waals surface area contributed by atoms with Crippen LogP contribution < -0.4 is 16.0 Å². The van der Waals surface area contributed by atoms with Gasteiger partial charge in [-0.1, -0.05) is 69.7 Å². The number of nitrogens with one attached hydrogen (secondary N) is 3. The summed E-state index contributed by atoms with van der Waals surface area (Å²) in [5.41, 5.74) is -0.00806. The van der Waals surface area contributed by atoms with Crippen LogP contribution in [0.1, 0.15) is 58.9 Å². The predicted octanol–water partition coefficient (Wildman–Crippen LogP) is 2.55. The van der Waals surface area contributed by atoms with E-state index in [4.69, 9.17) is 0 Å². The highest BCUT2D eigenvalue weighted by atomic mass is 35.5. The lowest BCUT2D eigenvalue weighted by atomic mass is 9.85. The number of nitrogens with zero attached hydrogens (tertiary/aromatic N) is 1. The van der Waals surface area contributed by atoms with E-state index in [9.17, 15) is 24.6 Å². The number of benzene rings is 2. The van der Waals surface area contributed by atoms with Crippen molar-refractivity contribution in [2.75, 3.05) is 26.2 Å². The van der Waals surface area contributed by atoms with Gasteiger partial charge in [-0.2, -0.15) is 0 Å². The van der Waals surface area contributed by atoms with Gasteiger partial charge in [0.2, 0.25) is 17.7 Å². The average molecular weight is 591 g/mol. The van der Waals surface area contributed by atoms with Crippen LogP contribution in [0.4, 0.5) is 0 Å². The molecule has 0 spiro atoms. The first-order valence-corrected chi connectivity index (χ1v) is 14.5. The Balaban J connectivity index is 0.00000588. The third kappa shape index (κ3) is 9.75. The summed E-state index contributed by atoms with van der Waals surface area (Å²) in [6.45, 7) is 8.39. The number of hydrogen-bond donors (Lipinski definition) is 5. The van der Waals surface area contributed by atoms with Crippen molar-refractivity contribution in [1.82, 2.24) is 20.9 Å². The number of amides is 3. The Bertz CT molecular complexity index is 1150. The molecule has 0 radical (unpaired) electrons. The molecule has 228 valence electrons. The molecule has 1 aliphatic heterocycles. The van der Waals surface area contributed by atoms with Crippen molar-refractivity contribution in [3.63, 3.8) is 0 Å². The van der Waals surface area contributed by atoms with Gasteiger partial charge in [-0.3, -0.25) is 19.3 Å². The maximum absolute atomic E-state index is 14.1. The third-order valence-electron chi connectivity index (χ3n) is 7.46. The zero-order chi connectivity index (χ0) is 29.3. The van der Waals surface area contributed by atoms with Gasteiger partial charge >= 0.3 is 0 Å². The van der Waals surface area contributed by atoms with Crippen molar-refractivity contribution in [1.29, 1.82) is 0 Å². The quantitative estimate of drug-likeness (QED) is 0.228. The second kappa shape index (κ2) is 16.2. The minimum absolute atomic E-state index is 0. The number of hydrogen-bond acceptors (Lipinski definition) is 7. The summed E-state index contributed by atoms with van der Waals surface area (Å²) in [6.07, 6.45) is 1.45. The predicted molar refractivity (Wildman–Crippen MR) is 164 cm³/mol. The minimum Gasteiger partial charge on any atom is -0.392 e. The van der Waals surface area contributed by atoms with E-state index in [0.717, 1.165) is 29.2 Å². The molecule has 0 aliphatic carbocycles. The molecule has 2 aromatic carbocycles. The van der Waals surface area contributed by atoms with Crippen molar-refractivity contribution in [2.24, 2.45) is 5.41 Å². The Morgan fingerprint density at radius 2 is 1.78 bits per heavy atom. The molecule has 1 heterocycles. The first-order valence-electron chi connectivity index (χ1n) is 14.5. The topological polar surface area (TPSA) is 131 Å². The van der Waals surface area contributed by atoms with Crippen LogP contribution in [-0.4, -0.2) is 83.3 Å². The van der Waals surface area contributed by atoms with Crippen molar-refractivity contribution in [2.45, 2.75) is 84.1 Å². The average Bonchev–Trinajstić information content (AvgIpc) is 3.46. The normalized spacial score (nSPS) is 17.4. The van der Waals surface area contributed by atoms with Crippen LogP contribution in [0.2, 0.25) is 0 Å². The molecular formula is C31H47ClN4O5. The zero-order valence-electron chi connectivity index (χ0n) is 24.7. The monoisotopic (exact) mass is 590 g/mol. The Morgan fingerprint density at radius 3 is 2.41 bits per heavy atom. The molecule has 2 aromatic rings. The fourth-order valence-electron chi connectivity index (χ4n) is 5.27. The van der Waals surface area contributed by atoms with E-state index < -0.39 is 35.6 Å². The summed E-state index contributed by atoms with van der Waals surface area (Å²) in [4.78, 5) is 43.0. The van der Waals surface area contributed by atoms with Crippen LogP contribution >= 0.6 is 12.4 Å². The highest BCUT2D eigenvalue weighted by Gasteiger charge is 2.43. The summed E-state index contributed by atoms with van der Waals surface area (Å²) in [7, 11) is 0. The van der Waals surface area contributed by atoms with Gasteiger partial charge in [-0.15, -0.1) is 12.4 Å². The number of imide groups is 1. The highest BCUT2D eigenvalue weighted by molar-refractivity contribution is 6.04. The van der Waals surface area contributed by atoms with Gasteiger partial charge in [0.25, 0.3) is 0 Å². The maximum atomic E-state index is 14.1. The molecule has 1 unspecified atom stereocenters. The Labute approximate surface area is 249 Å². The minimum atomic E-state index is -1.09. The number of carbonyl (C=O) groups excluding carboxylic acids is 3. The van der Waals surface area contributed by atoms with Gasteiger partial charge in [-0.25, -0.2) is 0 Å². The number of aliphatic hydroxyl groups is 2. The smallest absolute Gasteiger partial charge is 0.247 e. The molecule has 3 rings (SSSR count). The standard InChI is InChI=1S/C31H46N4O5.ClH/c1-5-14-31(3,4)30(40)35(29(39)26-11-8-15-33-26)27(28(38)34-20-25(37)19-32-18-21(2)36)17-22-12-13-23-9-6-7-10-24(23)16-22;/h6-7,9-10,12-13,16,21,25-27,32-33,36-37H,5,8,11,14-15,17-20H2,1-4H3,(H,34,38);1H/t21-,25?,26+,27-;/m1./s1. The lowest BCUT2D eigenvalue weighted by Gasteiger charge is -2.37. The van der Waals surface area contributed by atoms with Gasteiger partial charge in [0.05, 0.1) is 18.2 Å². The van der Waals surface area contributed by atoms with Gasteiger partial charge < -0.3 is 26.2 Å². The van der Waals surface area contributed by atoms with Crippen LogP contribution in [0.3, 0.4) is 0 Å². The van der Waals surface area contributed by atoms with Crippen molar-refractivity contribution in [3.05, 3.63) is 48.0 Å². The molecule has 0 aromatic heterocycles. The van der Waals surface area contributed by atoms with Gasteiger partial charge in [-0.05, 0) is 49.1 Å². The van der Waals surface area contributed by atoms with E-state index in [2.05, 4.69) is 16.0 Å². The van der Waals surface area contributed by atoms with E-state index in [1.165, 1.54) is 4.90 Å². The van der Waals surface area contributed by atoms with Crippen LogP contribution in [0, 0.1) is 5.41 Å². The highest BCUT2D eigenvalue weighted by Crippen LogP contribution is 2.29. The summed E-state index contributed by atoms with van der Waals surface area (Å²) in [5, 5.41) is 30.8. The molecule has 0 bridgehead atoms. The van der Waals surface area contributed by atoms with Crippen molar-refractivity contribution >= 4 is 40.9 Å². The number of halogens is 1. The van der Waals surface area contributed by atoms with E-state index in [-0.39, 0.29) is 43.7 Å². The van der Waals surface area contributed by atoms with Gasteiger partial charge in [0.15, 0.2) is 0 Å². The molecule has 1 fully saturated rings. The molecule has 9 nitrogen and oxygen atoms in total. The Morgan fingerprint density at radius 1 is 1.07 bits per heavy atom. The van der Waals surface area contributed by atoms with E-state index in [1.54, 1.807) is 6.92 Å². The van der Waals surface area contributed by atoms with Gasteiger partial charge in [0, 0.05) is 31.5 Å². The van der Waals surface area contributed by atoms with Crippen LogP contribution in [0.15, 0.2) is 42.5 Å². The van der Waals surface area contributed by atoms with E-state index in [1.807, 2.05) is 63.2 Å². The molecule has 4 atom stereocenters. The molecule has 41 heavy (non-hydrogen) atoms. The fraction of sp³-hybridized carbons (Fsp3) is 0.581. The fourth-order valence-corrected chi connectivity index (χ4v) is 5.27. The Hall–Kier alpha value is -2.56. The number of carbonyl (C=O) groups is 3. The second-order valence-corrected chi connectivity index (χ2v) is 11.6.